The average molecular weight is 426 g/mol. The summed E-state index contributed by atoms with van der Waals surface area (Å²) in [6.45, 7) is -0.540. The van der Waals surface area contributed by atoms with Crippen molar-refractivity contribution in [3.8, 4) is 0 Å². The first-order valence-electron chi connectivity index (χ1n) is 8.34. The third-order valence-electron chi connectivity index (χ3n) is 3.78. The number of hydrogen-bond acceptors (Lipinski definition) is 7. The Morgan fingerprint density at radius 3 is 2.69 bits per heavy atom. The van der Waals surface area contributed by atoms with E-state index in [2.05, 4.69) is 25.7 Å². The summed E-state index contributed by atoms with van der Waals surface area (Å²) >= 11 is 0. The van der Waals surface area contributed by atoms with Crippen LogP contribution < -0.4 is 10.6 Å². The van der Waals surface area contributed by atoms with Crippen LogP contribution in [0.1, 0.15) is 5.56 Å². The van der Waals surface area contributed by atoms with E-state index in [9.17, 15) is 21.6 Å². The summed E-state index contributed by atoms with van der Waals surface area (Å²) in [7, 11) is -3.44. The monoisotopic (exact) mass is 426 g/mol. The molecule has 0 spiro atoms. The third kappa shape index (κ3) is 5.44. The van der Waals surface area contributed by atoms with Gasteiger partial charge >= 0.3 is 0 Å². The van der Waals surface area contributed by atoms with Gasteiger partial charge in [0.2, 0.25) is 5.95 Å². The zero-order valence-electron chi connectivity index (χ0n) is 15.2. The average Bonchev–Trinajstić information content (AvgIpc) is 3.07. The highest BCUT2D eigenvalue weighted by atomic mass is 32.2. The molecule has 0 atom stereocenters. The van der Waals surface area contributed by atoms with Gasteiger partial charge in [-0.2, -0.15) is 10.1 Å². The number of benzene rings is 1. The molecule has 3 aromatic rings. The predicted molar refractivity (Wildman–Crippen MR) is 100 cm³/mol. The predicted octanol–water partition coefficient (Wildman–Crippen LogP) is 2.84. The number of alkyl halides is 2. The number of sulfone groups is 1. The van der Waals surface area contributed by atoms with Gasteiger partial charge in [0.25, 0.3) is 6.43 Å². The molecule has 29 heavy (non-hydrogen) atoms. The second-order valence-corrected chi connectivity index (χ2v) is 8.07. The lowest BCUT2D eigenvalue weighted by Crippen LogP contribution is -2.10. The summed E-state index contributed by atoms with van der Waals surface area (Å²) in [6, 6.07) is 6.35. The maximum Gasteiger partial charge on any atom is 0.257 e. The zero-order valence-corrected chi connectivity index (χ0v) is 16.0. The van der Waals surface area contributed by atoms with E-state index in [1.165, 1.54) is 18.5 Å². The Bertz CT molecular complexity index is 1100. The number of nitrogens with one attached hydrogen (secondary N) is 2. The Morgan fingerprint density at radius 2 is 1.97 bits per heavy atom. The highest BCUT2D eigenvalue weighted by Gasteiger charge is 2.14. The first-order chi connectivity index (χ1) is 13.7. The van der Waals surface area contributed by atoms with E-state index in [1.807, 2.05) is 0 Å². The fourth-order valence-corrected chi connectivity index (χ4v) is 3.48. The van der Waals surface area contributed by atoms with Crippen LogP contribution in [0, 0.1) is 5.82 Å². The summed E-state index contributed by atoms with van der Waals surface area (Å²) in [4.78, 5) is 7.93. The molecule has 0 saturated heterocycles. The van der Waals surface area contributed by atoms with E-state index in [0.29, 0.717) is 11.3 Å². The molecule has 0 bridgehead atoms. The van der Waals surface area contributed by atoms with E-state index in [1.54, 1.807) is 18.2 Å². The molecule has 2 N–H and O–H groups in total. The summed E-state index contributed by atoms with van der Waals surface area (Å²) in [5, 5.41) is 9.27. The second-order valence-electron chi connectivity index (χ2n) is 6.09. The zero-order chi connectivity index (χ0) is 21.0. The molecule has 8 nitrogen and oxygen atoms in total. The third-order valence-corrected chi connectivity index (χ3v) is 4.97. The van der Waals surface area contributed by atoms with Gasteiger partial charge in [-0.1, -0.05) is 18.2 Å². The molecule has 0 aliphatic heterocycles. The van der Waals surface area contributed by atoms with E-state index in [0.717, 1.165) is 17.1 Å². The maximum absolute atomic E-state index is 14.1. The fourth-order valence-electron chi connectivity index (χ4n) is 2.54. The molecule has 0 aliphatic rings. The highest BCUT2D eigenvalue weighted by Crippen LogP contribution is 2.20. The maximum atomic E-state index is 14.1. The molecule has 2 aromatic heterocycles. The SMILES string of the molecule is CS(=O)(=O)c1ccccc1CNc1nc(Nc2cnn(CC(F)F)c2)ncc1F. The molecule has 0 saturated carbocycles. The van der Waals surface area contributed by atoms with Gasteiger partial charge < -0.3 is 10.6 Å². The normalized spacial score (nSPS) is 11.6. The minimum Gasteiger partial charge on any atom is -0.363 e. The molecule has 3 rings (SSSR count). The molecule has 0 radical (unpaired) electrons. The lowest BCUT2D eigenvalue weighted by Gasteiger charge is -2.11. The van der Waals surface area contributed by atoms with Gasteiger partial charge in [-0.05, 0) is 11.6 Å². The van der Waals surface area contributed by atoms with Crippen LogP contribution in [0.15, 0.2) is 47.8 Å². The van der Waals surface area contributed by atoms with Crippen LogP contribution >= 0.6 is 0 Å². The van der Waals surface area contributed by atoms with Crippen LogP contribution in [0.2, 0.25) is 0 Å². The lowest BCUT2D eigenvalue weighted by molar-refractivity contribution is 0.122. The number of anilines is 3. The molecule has 1 aromatic carbocycles. The second kappa shape index (κ2) is 8.47. The van der Waals surface area contributed by atoms with Crippen molar-refractivity contribution in [1.29, 1.82) is 0 Å². The minimum absolute atomic E-state index is 0.0156. The van der Waals surface area contributed by atoms with Crippen molar-refractivity contribution in [2.24, 2.45) is 0 Å². The molecule has 0 aliphatic carbocycles. The Labute approximate surface area is 164 Å². The molecule has 0 unspecified atom stereocenters. The quantitative estimate of drug-likeness (QED) is 0.571. The molecule has 154 valence electrons. The van der Waals surface area contributed by atoms with Gasteiger partial charge in [-0.3, -0.25) is 4.68 Å². The minimum atomic E-state index is -3.44. The molecule has 12 heteroatoms. The van der Waals surface area contributed by atoms with Crippen molar-refractivity contribution in [3.63, 3.8) is 0 Å². The lowest BCUT2D eigenvalue weighted by atomic mass is 10.2. The molecular weight excluding hydrogens is 409 g/mol. The van der Waals surface area contributed by atoms with Crippen molar-refractivity contribution in [3.05, 3.63) is 54.2 Å². The largest absolute Gasteiger partial charge is 0.363 e. The van der Waals surface area contributed by atoms with Crippen molar-refractivity contribution < 1.29 is 21.6 Å². The van der Waals surface area contributed by atoms with Gasteiger partial charge in [-0.25, -0.2) is 26.6 Å². The van der Waals surface area contributed by atoms with Crippen LogP contribution in [-0.2, 0) is 22.9 Å². The van der Waals surface area contributed by atoms with E-state index >= 15 is 0 Å². The first kappa shape index (κ1) is 20.6. The summed E-state index contributed by atoms with van der Waals surface area (Å²) < 4.78 is 63.6. The summed E-state index contributed by atoms with van der Waals surface area (Å²) in [5.74, 6) is -0.867. The van der Waals surface area contributed by atoms with Gasteiger partial charge in [0.15, 0.2) is 21.5 Å². The molecular formula is C17H17F3N6O2S. The standard InChI is InChI=1S/C17H17F3N6O2S/c1-29(27,28)14-5-3-2-4-11(14)6-21-16-13(18)8-22-17(25-16)24-12-7-23-26(9-12)10-15(19)20/h2-5,7-9,15H,6,10H2,1H3,(H2,21,22,24,25). The van der Waals surface area contributed by atoms with Crippen LogP contribution in [0.5, 0.6) is 0 Å². The number of halogens is 3. The Hall–Kier alpha value is -3.15. The topological polar surface area (TPSA) is 102 Å². The highest BCUT2D eigenvalue weighted by molar-refractivity contribution is 7.90. The number of nitrogens with zero attached hydrogens (tertiary/aromatic N) is 4. The van der Waals surface area contributed by atoms with Crippen LogP contribution in [0.25, 0.3) is 0 Å². The van der Waals surface area contributed by atoms with Crippen LogP contribution in [-0.4, -0.2) is 40.8 Å². The van der Waals surface area contributed by atoms with Gasteiger partial charge in [0, 0.05) is 19.0 Å². The molecule has 0 fully saturated rings. The van der Waals surface area contributed by atoms with Gasteiger partial charge in [0.1, 0.15) is 6.54 Å². The fraction of sp³-hybridized carbons (Fsp3) is 0.235. The van der Waals surface area contributed by atoms with Crippen molar-refractivity contribution in [2.45, 2.75) is 24.4 Å². The Balaban J connectivity index is 1.74. The van der Waals surface area contributed by atoms with Crippen LogP contribution in [0.4, 0.5) is 30.6 Å². The first-order valence-corrected chi connectivity index (χ1v) is 10.2. The van der Waals surface area contributed by atoms with Gasteiger partial charge in [0.05, 0.1) is 23.0 Å². The van der Waals surface area contributed by atoms with E-state index < -0.39 is 28.6 Å². The summed E-state index contributed by atoms with van der Waals surface area (Å²) in [5.41, 5.74) is 0.807. The van der Waals surface area contributed by atoms with Crippen LogP contribution in [0.3, 0.4) is 0 Å². The Kier molecular flexibility index (Phi) is 6.01. The van der Waals surface area contributed by atoms with E-state index in [-0.39, 0.29) is 23.2 Å². The number of aromatic nitrogens is 4. The molecule has 2 heterocycles. The Morgan fingerprint density at radius 1 is 1.21 bits per heavy atom. The van der Waals surface area contributed by atoms with Crippen molar-refractivity contribution in [2.75, 3.05) is 16.9 Å². The molecule has 0 amide bonds. The number of rotatable bonds is 8. The van der Waals surface area contributed by atoms with E-state index in [4.69, 9.17) is 0 Å². The smallest absolute Gasteiger partial charge is 0.257 e. The van der Waals surface area contributed by atoms with Crippen molar-refractivity contribution in [1.82, 2.24) is 19.7 Å². The van der Waals surface area contributed by atoms with Crippen molar-refractivity contribution >= 4 is 27.3 Å². The number of hydrogen-bond donors (Lipinski definition) is 2. The van der Waals surface area contributed by atoms with Gasteiger partial charge in [-0.15, -0.1) is 0 Å². The summed E-state index contributed by atoms with van der Waals surface area (Å²) in [6.07, 6.45) is 2.13.